The molecule has 0 aliphatic rings. The molecule has 0 fully saturated rings. The highest BCUT2D eigenvalue weighted by Gasteiger charge is 2.06. The summed E-state index contributed by atoms with van der Waals surface area (Å²) in [7, 11) is 0. The standard InChI is InChI=1S/C17H27NO3/c1-3-20-16(19)10-5-4-6-13-21-17-14(2)8-7-9-15(17)11-12-18/h7-9H,3-6,10-13,18H2,1-2H3. The van der Waals surface area contributed by atoms with E-state index in [1.807, 2.05) is 13.0 Å². The largest absolute Gasteiger partial charge is 0.493 e. The number of para-hydroxylation sites is 1. The molecule has 0 heterocycles. The molecule has 0 aliphatic heterocycles. The lowest BCUT2D eigenvalue weighted by molar-refractivity contribution is -0.143. The Morgan fingerprint density at radius 3 is 2.76 bits per heavy atom. The maximum absolute atomic E-state index is 11.2. The summed E-state index contributed by atoms with van der Waals surface area (Å²) < 4.78 is 10.8. The number of carbonyl (C=O) groups excluding carboxylic acids is 1. The van der Waals surface area contributed by atoms with E-state index in [4.69, 9.17) is 15.2 Å². The van der Waals surface area contributed by atoms with Gasteiger partial charge in [-0.25, -0.2) is 0 Å². The lowest BCUT2D eigenvalue weighted by atomic mass is 10.1. The molecule has 0 aromatic heterocycles. The topological polar surface area (TPSA) is 61.5 Å². The molecule has 118 valence electrons. The van der Waals surface area contributed by atoms with Crippen LogP contribution in [-0.2, 0) is 16.0 Å². The van der Waals surface area contributed by atoms with Crippen LogP contribution in [0.2, 0.25) is 0 Å². The molecule has 0 amide bonds. The Kier molecular flexibility index (Phi) is 8.51. The smallest absolute Gasteiger partial charge is 0.305 e. The summed E-state index contributed by atoms with van der Waals surface area (Å²) in [5.41, 5.74) is 7.94. The molecule has 0 unspecified atom stereocenters. The van der Waals surface area contributed by atoms with Crippen molar-refractivity contribution in [2.45, 2.75) is 46.0 Å². The average Bonchev–Trinajstić information content (AvgIpc) is 2.45. The van der Waals surface area contributed by atoms with E-state index in [0.717, 1.165) is 37.0 Å². The number of hydrogen-bond donors (Lipinski definition) is 1. The van der Waals surface area contributed by atoms with Gasteiger partial charge in [0, 0.05) is 6.42 Å². The highest BCUT2D eigenvalue weighted by Crippen LogP contribution is 2.24. The monoisotopic (exact) mass is 293 g/mol. The number of ether oxygens (including phenoxy) is 2. The second-order valence-electron chi connectivity index (χ2n) is 5.07. The van der Waals surface area contributed by atoms with Crippen molar-refractivity contribution in [1.29, 1.82) is 0 Å². The van der Waals surface area contributed by atoms with Gasteiger partial charge in [-0.3, -0.25) is 4.79 Å². The summed E-state index contributed by atoms with van der Waals surface area (Å²) >= 11 is 0. The van der Waals surface area contributed by atoms with Crippen molar-refractivity contribution in [2.75, 3.05) is 19.8 Å². The molecule has 1 aromatic carbocycles. The molecule has 2 N–H and O–H groups in total. The van der Waals surface area contributed by atoms with Crippen LogP contribution in [0.25, 0.3) is 0 Å². The maximum atomic E-state index is 11.2. The third-order valence-corrected chi connectivity index (χ3v) is 3.28. The first-order chi connectivity index (χ1) is 10.2. The summed E-state index contributed by atoms with van der Waals surface area (Å²) in [6.45, 7) is 5.63. The van der Waals surface area contributed by atoms with Crippen molar-refractivity contribution >= 4 is 5.97 Å². The van der Waals surface area contributed by atoms with Gasteiger partial charge in [0.15, 0.2) is 0 Å². The van der Waals surface area contributed by atoms with E-state index in [9.17, 15) is 4.79 Å². The van der Waals surface area contributed by atoms with Crippen LogP contribution in [0.3, 0.4) is 0 Å². The number of carbonyl (C=O) groups is 1. The van der Waals surface area contributed by atoms with Gasteiger partial charge in [0.2, 0.25) is 0 Å². The van der Waals surface area contributed by atoms with Crippen LogP contribution in [0.5, 0.6) is 5.75 Å². The Morgan fingerprint density at radius 2 is 2.05 bits per heavy atom. The fourth-order valence-electron chi connectivity index (χ4n) is 2.23. The Balaban J connectivity index is 2.28. The van der Waals surface area contributed by atoms with E-state index in [1.54, 1.807) is 0 Å². The van der Waals surface area contributed by atoms with Crippen LogP contribution < -0.4 is 10.5 Å². The molecule has 0 atom stereocenters. The summed E-state index contributed by atoms with van der Waals surface area (Å²) in [6.07, 6.45) is 4.09. The Morgan fingerprint density at radius 1 is 1.24 bits per heavy atom. The molecule has 0 aliphatic carbocycles. The second-order valence-corrected chi connectivity index (χ2v) is 5.07. The lowest BCUT2D eigenvalue weighted by Gasteiger charge is -2.13. The van der Waals surface area contributed by atoms with Gasteiger partial charge in [-0.1, -0.05) is 18.2 Å². The van der Waals surface area contributed by atoms with Gasteiger partial charge < -0.3 is 15.2 Å². The van der Waals surface area contributed by atoms with Gasteiger partial charge in [-0.05, 0) is 57.2 Å². The molecule has 0 saturated heterocycles. The number of unbranched alkanes of at least 4 members (excludes halogenated alkanes) is 2. The van der Waals surface area contributed by atoms with Crippen molar-refractivity contribution in [3.05, 3.63) is 29.3 Å². The van der Waals surface area contributed by atoms with Crippen LogP contribution >= 0.6 is 0 Å². The number of nitrogens with two attached hydrogens (primary N) is 1. The van der Waals surface area contributed by atoms with Crippen LogP contribution in [0.1, 0.15) is 43.7 Å². The maximum Gasteiger partial charge on any atom is 0.305 e. The van der Waals surface area contributed by atoms with Crippen molar-refractivity contribution in [2.24, 2.45) is 5.73 Å². The molecule has 1 aromatic rings. The molecule has 0 bridgehead atoms. The van der Waals surface area contributed by atoms with Crippen LogP contribution in [-0.4, -0.2) is 25.7 Å². The van der Waals surface area contributed by atoms with Gasteiger partial charge in [0.1, 0.15) is 5.75 Å². The summed E-state index contributed by atoms with van der Waals surface area (Å²) in [4.78, 5) is 11.2. The minimum Gasteiger partial charge on any atom is -0.493 e. The summed E-state index contributed by atoms with van der Waals surface area (Å²) in [5.74, 6) is 0.857. The van der Waals surface area contributed by atoms with Crippen LogP contribution in [0, 0.1) is 6.92 Å². The number of rotatable bonds is 10. The molecule has 21 heavy (non-hydrogen) atoms. The van der Waals surface area contributed by atoms with Crippen LogP contribution in [0.4, 0.5) is 0 Å². The number of aryl methyl sites for hydroxylation is 1. The SMILES string of the molecule is CCOC(=O)CCCCCOc1c(C)cccc1CCN. The Hall–Kier alpha value is -1.55. The second kappa shape index (κ2) is 10.2. The quantitative estimate of drug-likeness (QED) is 0.532. The third-order valence-electron chi connectivity index (χ3n) is 3.28. The first-order valence-corrected chi connectivity index (χ1v) is 7.76. The molecule has 4 heteroatoms. The van der Waals surface area contributed by atoms with E-state index >= 15 is 0 Å². The zero-order valence-electron chi connectivity index (χ0n) is 13.2. The first-order valence-electron chi connectivity index (χ1n) is 7.76. The minimum absolute atomic E-state index is 0.109. The predicted octanol–water partition coefficient (Wildman–Crippen LogP) is 3.00. The fourth-order valence-corrected chi connectivity index (χ4v) is 2.23. The number of esters is 1. The molecule has 1 rings (SSSR count). The normalized spacial score (nSPS) is 10.4. The van der Waals surface area contributed by atoms with Gasteiger partial charge in [-0.15, -0.1) is 0 Å². The lowest BCUT2D eigenvalue weighted by Crippen LogP contribution is -2.07. The first kappa shape index (κ1) is 17.5. The van der Waals surface area contributed by atoms with Crippen molar-refractivity contribution < 1.29 is 14.3 Å². The highest BCUT2D eigenvalue weighted by molar-refractivity contribution is 5.69. The van der Waals surface area contributed by atoms with Gasteiger partial charge in [0.05, 0.1) is 13.2 Å². The molecule has 0 saturated carbocycles. The average molecular weight is 293 g/mol. The van der Waals surface area contributed by atoms with Crippen LogP contribution in [0.15, 0.2) is 18.2 Å². The van der Waals surface area contributed by atoms with Crippen molar-refractivity contribution in [3.8, 4) is 5.75 Å². The van der Waals surface area contributed by atoms with Crippen molar-refractivity contribution in [1.82, 2.24) is 0 Å². The fraction of sp³-hybridized carbons (Fsp3) is 0.588. The summed E-state index contributed by atoms with van der Waals surface area (Å²) in [5, 5.41) is 0. The minimum atomic E-state index is -0.109. The molecular weight excluding hydrogens is 266 g/mol. The van der Waals surface area contributed by atoms with E-state index in [-0.39, 0.29) is 5.97 Å². The van der Waals surface area contributed by atoms with E-state index in [2.05, 4.69) is 19.1 Å². The molecule has 4 nitrogen and oxygen atoms in total. The Bertz CT molecular complexity index is 432. The molecule has 0 radical (unpaired) electrons. The molecular formula is C17H27NO3. The van der Waals surface area contributed by atoms with E-state index in [1.165, 1.54) is 5.56 Å². The highest BCUT2D eigenvalue weighted by atomic mass is 16.5. The number of hydrogen-bond acceptors (Lipinski definition) is 4. The summed E-state index contributed by atoms with van der Waals surface area (Å²) in [6, 6.07) is 6.15. The van der Waals surface area contributed by atoms with E-state index in [0.29, 0.717) is 26.2 Å². The molecule has 0 spiro atoms. The van der Waals surface area contributed by atoms with Gasteiger partial charge >= 0.3 is 5.97 Å². The zero-order chi connectivity index (χ0) is 15.5. The number of benzene rings is 1. The predicted molar refractivity (Wildman–Crippen MR) is 84.5 cm³/mol. The zero-order valence-corrected chi connectivity index (χ0v) is 13.2. The van der Waals surface area contributed by atoms with Crippen molar-refractivity contribution in [3.63, 3.8) is 0 Å². The third kappa shape index (κ3) is 6.63. The Labute approximate surface area is 127 Å². The van der Waals surface area contributed by atoms with Gasteiger partial charge in [0.25, 0.3) is 0 Å². The van der Waals surface area contributed by atoms with Gasteiger partial charge in [-0.2, -0.15) is 0 Å². The van der Waals surface area contributed by atoms with E-state index < -0.39 is 0 Å².